The monoisotopic (exact) mass is 469 g/mol. The summed E-state index contributed by atoms with van der Waals surface area (Å²) in [4.78, 5) is 25.3. The molecule has 0 saturated carbocycles. The second-order valence-electron chi connectivity index (χ2n) is 8.94. The van der Waals surface area contributed by atoms with E-state index in [-0.39, 0.29) is 5.56 Å². The molecule has 2 aromatic carbocycles. The first-order valence-corrected chi connectivity index (χ1v) is 11.5. The summed E-state index contributed by atoms with van der Waals surface area (Å²) in [6.07, 6.45) is 1.55. The van der Waals surface area contributed by atoms with Crippen molar-refractivity contribution in [3.8, 4) is 16.9 Å². The fourth-order valence-electron chi connectivity index (χ4n) is 4.71. The minimum atomic E-state index is -0.692. The van der Waals surface area contributed by atoms with Gasteiger partial charge in [0.15, 0.2) is 0 Å². The molecule has 1 unspecified atom stereocenters. The number of amides is 2. The Kier molecular flexibility index (Phi) is 5.74. The van der Waals surface area contributed by atoms with Gasteiger partial charge in [-0.25, -0.2) is 9.48 Å². The molecule has 1 aliphatic carbocycles. The number of nitrogens with zero attached hydrogens (tertiary/aromatic N) is 3. The van der Waals surface area contributed by atoms with Crippen LogP contribution in [0.5, 0.6) is 0 Å². The lowest BCUT2D eigenvalue weighted by molar-refractivity contribution is 0.144. The van der Waals surface area contributed by atoms with Crippen molar-refractivity contribution in [1.82, 2.24) is 19.7 Å². The fraction of sp³-hybridized carbons (Fsp3) is 0.222. The van der Waals surface area contributed by atoms with Gasteiger partial charge in [0.2, 0.25) is 0 Å². The molecule has 2 heterocycles. The topological polar surface area (TPSA) is 101 Å². The SMILES string of the molecule is Cc1c(-c2cc(C)c(=O)n(C)c2)nn(-c2ccccc2)c1NC(=O)NC1c2ccccc2C[C@H]1O. The maximum Gasteiger partial charge on any atom is 0.320 e. The molecule has 3 N–H and O–H groups in total. The van der Waals surface area contributed by atoms with Crippen molar-refractivity contribution in [3.05, 3.63) is 99.5 Å². The predicted octanol–water partition coefficient (Wildman–Crippen LogP) is 3.63. The zero-order chi connectivity index (χ0) is 24.7. The van der Waals surface area contributed by atoms with Crippen molar-refractivity contribution in [1.29, 1.82) is 0 Å². The normalized spacial score (nSPS) is 16.7. The number of carbonyl (C=O) groups excluding carboxylic acids is 1. The molecule has 35 heavy (non-hydrogen) atoms. The number of anilines is 1. The molecule has 0 saturated heterocycles. The van der Waals surface area contributed by atoms with E-state index in [1.807, 2.05) is 67.6 Å². The lowest BCUT2D eigenvalue weighted by atomic mass is 10.1. The largest absolute Gasteiger partial charge is 0.390 e. The van der Waals surface area contributed by atoms with E-state index < -0.39 is 18.2 Å². The number of nitrogens with one attached hydrogen (secondary N) is 2. The van der Waals surface area contributed by atoms with Crippen LogP contribution < -0.4 is 16.2 Å². The van der Waals surface area contributed by atoms with Gasteiger partial charge in [-0.1, -0.05) is 42.5 Å². The van der Waals surface area contributed by atoms with E-state index in [1.165, 1.54) is 4.57 Å². The summed E-state index contributed by atoms with van der Waals surface area (Å²) in [5.74, 6) is 0.510. The third-order valence-corrected chi connectivity index (χ3v) is 6.48. The summed E-state index contributed by atoms with van der Waals surface area (Å²) < 4.78 is 3.22. The summed E-state index contributed by atoms with van der Waals surface area (Å²) in [5.41, 5.74) is 5.48. The second-order valence-corrected chi connectivity index (χ2v) is 8.94. The highest BCUT2D eigenvalue weighted by molar-refractivity contribution is 5.91. The molecule has 0 bridgehead atoms. The molecule has 0 fully saturated rings. The van der Waals surface area contributed by atoms with Crippen LogP contribution >= 0.6 is 0 Å². The summed E-state index contributed by atoms with van der Waals surface area (Å²) in [5, 5.41) is 21.2. The fourth-order valence-corrected chi connectivity index (χ4v) is 4.71. The number of aliphatic hydroxyl groups is 1. The van der Waals surface area contributed by atoms with Crippen LogP contribution in [0.3, 0.4) is 0 Å². The number of aryl methyl sites for hydroxylation is 2. The number of hydrogen-bond donors (Lipinski definition) is 3. The standard InChI is InChI=1S/C27H27N5O3/c1-16-13-19(15-31(3)26(16)34)23-17(2)25(32(30-23)20-10-5-4-6-11-20)29-27(35)28-24-21-12-8-7-9-18(21)14-22(24)33/h4-13,15,22,24,33H,14H2,1-3H3,(H2,28,29,35)/t22-,24?/m1/s1. The lowest BCUT2D eigenvalue weighted by Gasteiger charge is -2.19. The Bertz CT molecular complexity index is 1450. The van der Waals surface area contributed by atoms with Gasteiger partial charge in [-0.3, -0.25) is 10.1 Å². The van der Waals surface area contributed by atoms with Gasteiger partial charge in [-0.15, -0.1) is 0 Å². The van der Waals surface area contributed by atoms with Gasteiger partial charge >= 0.3 is 6.03 Å². The Balaban J connectivity index is 1.52. The van der Waals surface area contributed by atoms with Gasteiger partial charge < -0.3 is 15.0 Å². The Morgan fingerprint density at radius 3 is 2.54 bits per heavy atom. The Morgan fingerprint density at radius 2 is 1.80 bits per heavy atom. The van der Waals surface area contributed by atoms with E-state index >= 15 is 0 Å². The highest BCUT2D eigenvalue weighted by atomic mass is 16.3. The van der Waals surface area contributed by atoms with Crippen molar-refractivity contribution in [2.75, 3.05) is 5.32 Å². The molecule has 178 valence electrons. The summed E-state index contributed by atoms with van der Waals surface area (Å²) >= 11 is 0. The minimum Gasteiger partial charge on any atom is -0.390 e. The lowest BCUT2D eigenvalue weighted by Crippen LogP contribution is -2.37. The molecule has 2 amide bonds. The maximum absolute atomic E-state index is 13.1. The van der Waals surface area contributed by atoms with Crippen LogP contribution in [0.1, 0.15) is 28.3 Å². The maximum atomic E-state index is 13.1. The van der Waals surface area contributed by atoms with Crippen molar-refractivity contribution in [3.63, 3.8) is 0 Å². The Morgan fingerprint density at radius 1 is 1.09 bits per heavy atom. The van der Waals surface area contributed by atoms with Crippen molar-refractivity contribution in [2.24, 2.45) is 7.05 Å². The summed E-state index contributed by atoms with van der Waals surface area (Å²) in [6.45, 7) is 3.66. The van der Waals surface area contributed by atoms with Crippen LogP contribution in [-0.2, 0) is 13.5 Å². The zero-order valence-electron chi connectivity index (χ0n) is 19.8. The molecule has 2 aromatic heterocycles. The van der Waals surface area contributed by atoms with Crippen molar-refractivity contribution < 1.29 is 9.90 Å². The molecule has 0 radical (unpaired) electrons. The smallest absolute Gasteiger partial charge is 0.320 e. The number of rotatable bonds is 4. The molecule has 8 nitrogen and oxygen atoms in total. The van der Waals surface area contributed by atoms with E-state index in [1.54, 1.807) is 24.9 Å². The number of para-hydroxylation sites is 1. The van der Waals surface area contributed by atoms with Crippen LogP contribution in [0.2, 0.25) is 0 Å². The number of carbonyl (C=O) groups is 1. The minimum absolute atomic E-state index is 0.0676. The first-order chi connectivity index (χ1) is 16.8. The van der Waals surface area contributed by atoms with Crippen LogP contribution in [0.4, 0.5) is 10.6 Å². The molecule has 1 aliphatic rings. The van der Waals surface area contributed by atoms with Crippen LogP contribution in [0.25, 0.3) is 16.9 Å². The van der Waals surface area contributed by atoms with E-state index in [4.69, 9.17) is 5.10 Å². The van der Waals surface area contributed by atoms with Gasteiger partial charge in [0.25, 0.3) is 5.56 Å². The molecule has 4 aromatic rings. The number of benzene rings is 2. The highest BCUT2D eigenvalue weighted by Gasteiger charge is 2.32. The molecular weight excluding hydrogens is 442 g/mol. The average molecular weight is 470 g/mol. The third-order valence-electron chi connectivity index (χ3n) is 6.48. The summed E-state index contributed by atoms with van der Waals surface area (Å²) in [6, 6.07) is 18.1. The second kappa shape index (κ2) is 8.88. The first-order valence-electron chi connectivity index (χ1n) is 11.5. The number of urea groups is 1. The number of pyridine rings is 1. The number of aromatic nitrogens is 3. The number of fused-ring (bicyclic) bond motifs is 1. The highest BCUT2D eigenvalue weighted by Crippen LogP contribution is 2.33. The number of aliphatic hydroxyl groups excluding tert-OH is 1. The predicted molar refractivity (Wildman–Crippen MR) is 135 cm³/mol. The van der Waals surface area contributed by atoms with E-state index in [0.717, 1.165) is 27.9 Å². The molecule has 8 heteroatoms. The number of hydrogen-bond acceptors (Lipinski definition) is 4. The van der Waals surface area contributed by atoms with Crippen LogP contribution in [-0.4, -0.2) is 31.6 Å². The van der Waals surface area contributed by atoms with Gasteiger partial charge in [-0.2, -0.15) is 5.10 Å². The molecule has 2 atom stereocenters. The Labute approximate surface area is 202 Å². The molecule has 5 rings (SSSR count). The van der Waals surface area contributed by atoms with Gasteiger partial charge in [-0.05, 0) is 43.2 Å². The van der Waals surface area contributed by atoms with E-state index in [9.17, 15) is 14.7 Å². The van der Waals surface area contributed by atoms with Gasteiger partial charge in [0, 0.05) is 36.4 Å². The summed E-state index contributed by atoms with van der Waals surface area (Å²) in [7, 11) is 1.71. The van der Waals surface area contributed by atoms with Crippen LogP contribution in [0.15, 0.2) is 71.7 Å². The molecule has 0 spiro atoms. The van der Waals surface area contributed by atoms with E-state index in [0.29, 0.717) is 23.5 Å². The average Bonchev–Trinajstić information content (AvgIpc) is 3.34. The van der Waals surface area contributed by atoms with Gasteiger partial charge in [0.1, 0.15) is 5.82 Å². The molecule has 0 aliphatic heterocycles. The zero-order valence-corrected chi connectivity index (χ0v) is 19.8. The van der Waals surface area contributed by atoms with Crippen molar-refractivity contribution in [2.45, 2.75) is 32.4 Å². The Hall–Kier alpha value is -4.17. The third kappa shape index (κ3) is 4.13. The first kappa shape index (κ1) is 22.6. The quantitative estimate of drug-likeness (QED) is 0.425. The van der Waals surface area contributed by atoms with Crippen molar-refractivity contribution >= 4 is 11.8 Å². The van der Waals surface area contributed by atoms with Gasteiger partial charge in [0.05, 0.1) is 23.5 Å². The van der Waals surface area contributed by atoms with E-state index in [2.05, 4.69) is 10.6 Å². The molecular formula is C27H27N5O3. The van der Waals surface area contributed by atoms with Crippen LogP contribution in [0, 0.1) is 13.8 Å².